The lowest BCUT2D eigenvalue weighted by molar-refractivity contribution is -0.165. The number of aromatic nitrogens is 3. The number of aliphatic hydroxyl groups excluding tert-OH is 1. The summed E-state index contributed by atoms with van der Waals surface area (Å²) in [6, 6.07) is 7.34. The zero-order chi connectivity index (χ0) is 28.3. The topological polar surface area (TPSA) is 128 Å². The highest BCUT2D eigenvalue weighted by molar-refractivity contribution is 5.94. The van der Waals surface area contributed by atoms with Crippen LogP contribution in [0.15, 0.2) is 30.5 Å². The van der Waals surface area contributed by atoms with E-state index in [0.717, 1.165) is 50.6 Å². The second-order valence-corrected chi connectivity index (χ2v) is 11.3. The maximum absolute atomic E-state index is 15.0. The summed E-state index contributed by atoms with van der Waals surface area (Å²) in [6.07, 6.45) is 8.64. The van der Waals surface area contributed by atoms with Gasteiger partial charge in [0.15, 0.2) is 18.2 Å². The molecule has 2 saturated heterocycles. The first kappa shape index (κ1) is 30.3. The number of carbonyl (C=O) groups is 1. The Morgan fingerprint density at radius 3 is 2.74 bits per heavy atom. The number of pyridine rings is 3. The molecular formula is C30H37ClFN5O5. The monoisotopic (exact) mass is 601 g/mol. The Hall–Kier alpha value is -3.12. The van der Waals surface area contributed by atoms with Gasteiger partial charge in [0.05, 0.1) is 41.7 Å². The van der Waals surface area contributed by atoms with E-state index in [1.54, 1.807) is 6.07 Å². The number of amides is 1. The number of nitrogens with zero attached hydrogens (tertiary/aromatic N) is 3. The maximum atomic E-state index is 15.0. The van der Waals surface area contributed by atoms with Crippen LogP contribution in [0.3, 0.4) is 0 Å². The Morgan fingerprint density at radius 2 is 1.95 bits per heavy atom. The maximum Gasteiger partial charge on any atom is 0.263 e. The van der Waals surface area contributed by atoms with Crippen molar-refractivity contribution in [3.8, 4) is 11.6 Å². The first-order valence-electron chi connectivity index (χ1n) is 14.5. The van der Waals surface area contributed by atoms with E-state index in [0.29, 0.717) is 66.6 Å². The van der Waals surface area contributed by atoms with Crippen LogP contribution in [0, 0.1) is 5.82 Å². The molecule has 6 heterocycles. The average molecular weight is 602 g/mol. The molecule has 2 bridgehead atoms. The molecule has 3 aliphatic heterocycles. The third kappa shape index (κ3) is 6.59. The van der Waals surface area contributed by atoms with Gasteiger partial charge in [-0.1, -0.05) is 0 Å². The van der Waals surface area contributed by atoms with Gasteiger partial charge in [0.25, 0.3) is 5.91 Å². The highest BCUT2D eigenvalue weighted by Gasteiger charge is 2.49. The fourth-order valence-corrected chi connectivity index (χ4v) is 6.01. The molecule has 3 aromatic rings. The van der Waals surface area contributed by atoms with E-state index < -0.39 is 0 Å². The predicted molar refractivity (Wildman–Crippen MR) is 157 cm³/mol. The number of rotatable bonds is 12. The molecule has 0 atom stereocenters. The Labute approximate surface area is 250 Å². The van der Waals surface area contributed by atoms with Crippen LogP contribution in [0.5, 0.6) is 11.6 Å². The van der Waals surface area contributed by atoms with Crippen molar-refractivity contribution in [1.29, 1.82) is 0 Å². The minimum absolute atomic E-state index is 0. The van der Waals surface area contributed by atoms with Crippen LogP contribution in [-0.4, -0.2) is 63.5 Å². The molecule has 0 unspecified atom stereocenters. The van der Waals surface area contributed by atoms with E-state index in [1.807, 2.05) is 18.2 Å². The number of anilines is 1. The van der Waals surface area contributed by atoms with Crippen molar-refractivity contribution in [1.82, 2.24) is 20.3 Å². The molecule has 0 radical (unpaired) electrons. The first-order valence-corrected chi connectivity index (χ1v) is 14.5. The van der Waals surface area contributed by atoms with Crippen LogP contribution in [0.25, 0.3) is 11.0 Å². The number of carbonyl (C=O) groups excluding carboxylic acids is 1. The van der Waals surface area contributed by atoms with E-state index in [1.165, 1.54) is 6.20 Å². The van der Waals surface area contributed by atoms with Gasteiger partial charge in [0.2, 0.25) is 5.88 Å². The second kappa shape index (κ2) is 13.0. The standard InChI is InChI=1S/C30H36FN5O5.ClH/c31-22-17-32-23-5-7-26(39-15-3-1-2-14-37)36-27(23)21(22)8-9-30-12-10-29(11-13-30,19-41-30)33-16-20-4-6-24-28(34-20)35-25(38)18-40-24;/h4-7,17,33,37H,1-3,8-16,18-19H2,(H,34,35,38);1H. The van der Waals surface area contributed by atoms with Gasteiger partial charge in [-0.2, -0.15) is 0 Å². The lowest BCUT2D eigenvalue weighted by Crippen LogP contribution is -2.61. The fraction of sp³-hybridized carbons (Fsp3) is 0.533. The number of nitrogens with one attached hydrogen (secondary N) is 2. The molecule has 1 amide bonds. The van der Waals surface area contributed by atoms with Crippen LogP contribution in [-0.2, 0) is 22.5 Å². The molecule has 0 aromatic carbocycles. The molecule has 10 nitrogen and oxygen atoms in total. The molecule has 3 N–H and O–H groups in total. The van der Waals surface area contributed by atoms with Crippen LogP contribution in [0.1, 0.15) is 62.6 Å². The molecule has 42 heavy (non-hydrogen) atoms. The van der Waals surface area contributed by atoms with Crippen molar-refractivity contribution in [3.05, 3.63) is 47.5 Å². The molecule has 3 aromatic heterocycles. The van der Waals surface area contributed by atoms with Gasteiger partial charge >= 0.3 is 0 Å². The normalized spacial score (nSPS) is 22.7. The van der Waals surface area contributed by atoms with Crippen LogP contribution >= 0.6 is 12.4 Å². The number of unbranched alkanes of at least 4 members (excludes halogenated alkanes) is 2. The SMILES string of the molecule is Cl.O=C1COc2ccc(CNC34CCC(CCc5c(F)cnc6ccc(OCCCCCO)nc56)(CC3)OC4)nc2N1. The van der Waals surface area contributed by atoms with Crippen molar-refractivity contribution < 1.29 is 28.5 Å². The average Bonchev–Trinajstić information content (AvgIpc) is 3.00. The fourth-order valence-electron chi connectivity index (χ4n) is 6.01. The van der Waals surface area contributed by atoms with E-state index in [-0.39, 0.29) is 48.5 Å². The van der Waals surface area contributed by atoms with Gasteiger partial charge < -0.3 is 30.0 Å². The summed E-state index contributed by atoms with van der Waals surface area (Å²) in [5, 5.41) is 15.4. The number of hydrogen-bond acceptors (Lipinski definition) is 9. The predicted octanol–water partition coefficient (Wildman–Crippen LogP) is 4.26. The van der Waals surface area contributed by atoms with E-state index in [2.05, 4.69) is 25.6 Å². The summed E-state index contributed by atoms with van der Waals surface area (Å²) < 4.78 is 32.7. The van der Waals surface area contributed by atoms with Crippen molar-refractivity contribution in [3.63, 3.8) is 0 Å². The van der Waals surface area contributed by atoms with E-state index >= 15 is 4.39 Å². The molecule has 3 fully saturated rings. The number of hydrogen-bond donors (Lipinski definition) is 3. The van der Waals surface area contributed by atoms with Crippen LogP contribution in [0.2, 0.25) is 0 Å². The summed E-state index contributed by atoms with van der Waals surface area (Å²) in [5.74, 6) is 0.944. The van der Waals surface area contributed by atoms with Gasteiger partial charge in [-0.05, 0) is 76.0 Å². The first-order chi connectivity index (χ1) is 20.0. The largest absolute Gasteiger partial charge is 0.480 e. The molecule has 0 spiro atoms. The summed E-state index contributed by atoms with van der Waals surface area (Å²) in [7, 11) is 0. The Kier molecular flexibility index (Phi) is 9.41. The molecule has 4 aliphatic rings. The third-order valence-electron chi connectivity index (χ3n) is 8.57. The summed E-state index contributed by atoms with van der Waals surface area (Å²) in [5.41, 5.74) is 2.15. The number of fused-ring (bicyclic) bond motifs is 5. The Bertz CT molecular complexity index is 1400. The molecule has 1 saturated carbocycles. The van der Waals surface area contributed by atoms with Gasteiger partial charge in [-0.25, -0.2) is 14.4 Å². The quantitative estimate of drug-likeness (QED) is 0.261. The van der Waals surface area contributed by atoms with Crippen molar-refractivity contribution in [2.24, 2.45) is 0 Å². The molecule has 7 rings (SSSR count). The van der Waals surface area contributed by atoms with Gasteiger partial charge in [0.1, 0.15) is 5.82 Å². The van der Waals surface area contributed by atoms with Gasteiger partial charge in [-0.3, -0.25) is 9.78 Å². The molecule has 12 heteroatoms. The Balaban J connectivity index is 0.00000353. The third-order valence-corrected chi connectivity index (χ3v) is 8.57. The summed E-state index contributed by atoms with van der Waals surface area (Å²) >= 11 is 0. The van der Waals surface area contributed by atoms with Crippen molar-refractivity contribution >= 4 is 35.2 Å². The van der Waals surface area contributed by atoms with E-state index in [4.69, 9.17) is 19.3 Å². The number of aliphatic hydroxyl groups is 1. The summed E-state index contributed by atoms with van der Waals surface area (Å²) in [6.45, 7) is 1.83. The lowest BCUT2D eigenvalue weighted by atomic mass is 9.69. The number of halogens is 2. The molecule has 1 aliphatic carbocycles. The van der Waals surface area contributed by atoms with E-state index in [9.17, 15) is 4.79 Å². The number of aryl methyl sites for hydroxylation is 1. The highest BCUT2D eigenvalue weighted by atomic mass is 35.5. The summed E-state index contributed by atoms with van der Waals surface area (Å²) in [4.78, 5) is 25.0. The van der Waals surface area contributed by atoms with Gasteiger partial charge in [-0.15, -0.1) is 12.4 Å². The smallest absolute Gasteiger partial charge is 0.263 e. The van der Waals surface area contributed by atoms with Crippen LogP contribution in [0.4, 0.5) is 10.2 Å². The van der Waals surface area contributed by atoms with Crippen molar-refractivity contribution in [2.45, 2.75) is 75.5 Å². The minimum Gasteiger partial charge on any atom is -0.480 e. The van der Waals surface area contributed by atoms with Gasteiger partial charge in [0, 0.05) is 30.3 Å². The number of ether oxygens (including phenoxy) is 3. The molecule has 226 valence electrons. The van der Waals surface area contributed by atoms with Crippen molar-refractivity contribution in [2.75, 3.05) is 31.7 Å². The zero-order valence-electron chi connectivity index (χ0n) is 23.5. The highest BCUT2D eigenvalue weighted by Crippen LogP contribution is 2.46. The van der Waals surface area contributed by atoms with Crippen LogP contribution < -0.4 is 20.1 Å². The minimum atomic E-state index is -0.358. The molecular weight excluding hydrogens is 565 g/mol. The second-order valence-electron chi connectivity index (χ2n) is 11.3. The zero-order valence-corrected chi connectivity index (χ0v) is 24.3. The lowest BCUT2D eigenvalue weighted by Gasteiger charge is -2.53. The Morgan fingerprint density at radius 1 is 1.10 bits per heavy atom.